The number of hydrogen-bond donors (Lipinski definition) is 0. The van der Waals surface area contributed by atoms with Crippen molar-refractivity contribution in [2.45, 2.75) is 43.6 Å². The predicted molar refractivity (Wildman–Crippen MR) is 127 cm³/mol. The Morgan fingerprint density at radius 3 is 2.81 bits per heavy atom. The maximum Gasteiger partial charge on any atom is 0.230 e. The van der Waals surface area contributed by atoms with Crippen molar-refractivity contribution in [2.75, 3.05) is 4.90 Å². The van der Waals surface area contributed by atoms with Crippen LogP contribution in [0.1, 0.15) is 37.1 Å². The Morgan fingerprint density at radius 1 is 1.23 bits per heavy atom. The molecule has 6 nitrogen and oxygen atoms in total. The number of aromatic nitrogens is 4. The van der Waals surface area contributed by atoms with Crippen molar-refractivity contribution in [3.63, 3.8) is 0 Å². The first-order valence-corrected chi connectivity index (χ1v) is 12.8. The maximum absolute atomic E-state index is 12.4. The van der Waals surface area contributed by atoms with Crippen LogP contribution in [-0.4, -0.2) is 25.7 Å². The summed E-state index contributed by atoms with van der Waals surface area (Å²) in [6.45, 7) is 3.59. The highest BCUT2D eigenvalue weighted by molar-refractivity contribution is 7.98. The van der Waals surface area contributed by atoms with Crippen LogP contribution in [0.3, 0.4) is 0 Å². The average molecular weight is 468 g/mol. The van der Waals surface area contributed by atoms with E-state index >= 15 is 0 Å². The summed E-state index contributed by atoms with van der Waals surface area (Å²) < 4.78 is 2.28. The lowest BCUT2D eigenvalue weighted by Crippen LogP contribution is -2.22. The first-order chi connectivity index (χ1) is 15.1. The van der Waals surface area contributed by atoms with E-state index < -0.39 is 0 Å². The minimum atomic E-state index is -0.0479. The molecule has 5 rings (SSSR count). The zero-order valence-corrected chi connectivity index (χ0v) is 19.6. The summed E-state index contributed by atoms with van der Waals surface area (Å²) in [6, 6.07) is 12.6. The summed E-state index contributed by atoms with van der Waals surface area (Å²) >= 11 is 4.83. The number of rotatable bonds is 7. The molecule has 31 heavy (non-hydrogen) atoms. The van der Waals surface area contributed by atoms with E-state index in [-0.39, 0.29) is 5.91 Å². The van der Waals surface area contributed by atoms with Gasteiger partial charge in [0.25, 0.3) is 0 Å². The number of carbonyl (C=O) groups excluding carboxylic acids is 1. The molecule has 1 aliphatic rings. The van der Waals surface area contributed by atoms with E-state index in [0.717, 1.165) is 32.8 Å². The predicted octanol–water partition coefficient (Wildman–Crippen LogP) is 6.08. The molecule has 0 aliphatic heterocycles. The van der Waals surface area contributed by atoms with Crippen LogP contribution in [0.15, 0.2) is 52.3 Å². The van der Waals surface area contributed by atoms with Crippen LogP contribution >= 0.6 is 34.4 Å². The Morgan fingerprint density at radius 2 is 2.10 bits per heavy atom. The second-order valence-electron chi connectivity index (χ2n) is 7.49. The van der Waals surface area contributed by atoms with Crippen molar-refractivity contribution in [2.24, 2.45) is 0 Å². The molecule has 1 aromatic carbocycles. The Balaban J connectivity index is 1.35. The summed E-state index contributed by atoms with van der Waals surface area (Å²) in [4.78, 5) is 19.9. The van der Waals surface area contributed by atoms with Crippen molar-refractivity contribution in [3.05, 3.63) is 58.4 Å². The molecule has 158 valence electrons. The molecule has 3 heterocycles. The third-order valence-corrected chi connectivity index (χ3v) is 7.69. The normalized spacial score (nSPS) is 13.5. The van der Waals surface area contributed by atoms with Gasteiger partial charge in [0, 0.05) is 24.1 Å². The van der Waals surface area contributed by atoms with Gasteiger partial charge in [-0.15, -0.1) is 32.9 Å². The summed E-state index contributed by atoms with van der Waals surface area (Å²) in [5, 5.41) is 14.7. The lowest BCUT2D eigenvalue weighted by molar-refractivity contribution is -0.115. The SMILES string of the molecule is CC(=O)N(c1cccc(C)c1)c1nc(CSc2nnc(-c3cccs3)n2C2CC2)cs1. The van der Waals surface area contributed by atoms with Crippen molar-refractivity contribution in [1.29, 1.82) is 0 Å². The van der Waals surface area contributed by atoms with Crippen molar-refractivity contribution in [3.8, 4) is 10.7 Å². The van der Waals surface area contributed by atoms with E-state index in [1.807, 2.05) is 42.6 Å². The molecule has 0 N–H and O–H groups in total. The topological polar surface area (TPSA) is 63.9 Å². The van der Waals surface area contributed by atoms with E-state index in [4.69, 9.17) is 4.98 Å². The third kappa shape index (κ3) is 4.30. The number of anilines is 2. The Labute approximate surface area is 193 Å². The lowest BCUT2D eigenvalue weighted by Gasteiger charge is -2.18. The van der Waals surface area contributed by atoms with E-state index in [1.54, 1.807) is 34.9 Å². The number of carbonyl (C=O) groups is 1. The Hall–Kier alpha value is -2.49. The van der Waals surface area contributed by atoms with Crippen LogP contribution in [0.2, 0.25) is 0 Å². The van der Waals surface area contributed by atoms with Crippen LogP contribution in [0.4, 0.5) is 10.8 Å². The van der Waals surface area contributed by atoms with Gasteiger partial charge < -0.3 is 0 Å². The van der Waals surface area contributed by atoms with E-state index in [9.17, 15) is 4.79 Å². The van der Waals surface area contributed by atoms with Crippen molar-refractivity contribution in [1.82, 2.24) is 19.7 Å². The first kappa shape index (κ1) is 20.4. The van der Waals surface area contributed by atoms with Crippen LogP contribution in [0.5, 0.6) is 0 Å². The molecule has 1 fully saturated rings. The van der Waals surface area contributed by atoms with E-state index in [2.05, 4.69) is 26.2 Å². The molecule has 0 spiro atoms. The number of thiophene rings is 1. The number of thioether (sulfide) groups is 1. The van der Waals surface area contributed by atoms with Crippen molar-refractivity contribution < 1.29 is 4.79 Å². The fourth-order valence-corrected chi connectivity index (χ4v) is 6.00. The van der Waals surface area contributed by atoms with Gasteiger partial charge in [-0.2, -0.15) is 0 Å². The lowest BCUT2D eigenvalue weighted by atomic mass is 10.2. The fraction of sp³-hybridized carbons (Fsp3) is 0.273. The van der Waals surface area contributed by atoms with Crippen LogP contribution in [-0.2, 0) is 10.5 Å². The first-order valence-electron chi connectivity index (χ1n) is 10.0. The molecular formula is C22H21N5OS3. The third-order valence-electron chi connectivity index (χ3n) is 4.97. The minimum absolute atomic E-state index is 0.0479. The number of thiazole rings is 1. The second kappa shape index (κ2) is 8.57. The number of hydrogen-bond acceptors (Lipinski definition) is 7. The van der Waals surface area contributed by atoms with Gasteiger partial charge in [0.15, 0.2) is 16.1 Å². The molecule has 0 unspecified atom stereocenters. The molecule has 0 atom stereocenters. The number of aryl methyl sites for hydroxylation is 1. The molecule has 1 saturated carbocycles. The van der Waals surface area contributed by atoms with E-state index in [0.29, 0.717) is 16.9 Å². The highest BCUT2D eigenvalue weighted by Gasteiger charge is 2.30. The molecule has 0 radical (unpaired) electrons. The highest BCUT2D eigenvalue weighted by atomic mass is 32.2. The highest BCUT2D eigenvalue weighted by Crippen LogP contribution is 2.42. The van der Waals surface area contributed by atoms with Gasteiger partial charge in [0.05, 0.1) is 16.3 Å². The van der Waals surface area contributed by atoms with Gasteiger partial charge in [-0.3, -0.25) is 14.3 Å². The zero-order chi connectivity index (χ0) is 21.4. The quantitative estimate of drug-likeness (QED) is 0.308. The van der Waals surface area contributed by atoms with Crippen molar-refractivity contribution >= 4 is 51.2 Å². The van der Waals surface area contributed by atoms with Crippen LogP contribution in [0, 0.1) is 6.92 Å². The summed E-state index contributed by atoms with van der Waals surface area (Å²) in [5.41, 5.74) is 2.89. The van der Waals surface area contributed by atoms with Gasteiger partial charge in [-0.05, 0) is 48.9 Å². The molecule has 9 heteroatoms. The van der Waals surface area contributed by atoms with Gasteiger partial charge in [0.2, 0.25) is 5.91 Å². The number of nitrogens with zero attached hydrogens (tertiary/aromatic N) is 5. The molecule has 0 bridgehead atoms. The van der Waals surface area contributed by atoms with Gasteiger partial charge >= 0.3 is 0 Å². The Bertz CT molecular complexity index is 1210. The second-order valence-corrected chi connectivity index (χ2v) is 10.2. The molecule has 3 aromatic heterocycles. The van der Waals surface area contributed by atoms with Gasteiger partial charge in [-0.25, -0.2) is 4.98 Å². The molecule has 1 aliphatic carbocycles. The Kier molecular flexibility index (Phi) is 5.64. The summed E-state index contributed by atoms with van der Waals surface area (Å²) in [7, 11) is 0. The van der Waals surface area contributed by atoms with Gasteiger partial charge in [-0.1, -0.05) is 30.0 Å². The molecule has 4 aromatic rings. The number of amides is 1. The van der Waals surface area contributed by atoms with Crippen LogP contribution in [0.25, 0.3) is 10.7 Å². The largest absolute Gasteiger partial charge is 0.298 e. The zero-order valence-electron chi connectivity index (χ0n) is 17.2. The minimum Gasteiger partial charge on any atom is -0.298 e. The smallest absolute Gasteiger partial charge is 0.230 e. The fourth-order valence-electron chi connectivity index (χ4n) is 3.41. The maximum atomic E-state index is 12.4. The summed E-state index contributed by atoms with van der Waals surface area (Å²) in [5.74, 6) is 1.60. The average Bonchev–Trinajstić information content (AvgIpc) is 3.13. The van der Waals surface area contributed by atoms with E-state index in [1.165, 1.54) is 24.2 Å². The van der Waals surface area contributed by atoms with Gasteiger partial charge in [0.1, 0.15) is 0 Å². The monoisotopic (exact) mass is 467 g/mol. The molecular weight excluding hydrogens is 446 g/mol. The summed E-state index contributed by atoms with van der Waals surface area (Å²) in [6.07, 6.45) is 2.35. The molecule has 1 amide bonds. The van der Waals surface area contributed by atoms with Crippen LogP contribution < -0.4 is 4.90 Å². The molecule has 0 saturated heterocycles. The standard InChI is InChI=1S/C22H21N5OS3/c1-14-5-3-6-18(11-14)26(15(2)28)21-23-16(12-30-21)13-31-22-25-24-20(19-7-4-10-29-19)27(22)17-8-9-17/h3-7,10-12,17H,8-9,13H2,1-2H3. The number of benzene rings is 1.